The molecule has 1 aliphatic rings. The fraction of sp³-hybridized carbons (Fsp3) is 0.318. The standard InChI is InChI=1S/C22H22BrFN4OS/c23-16-8-6-15(7-9-16)21-26-27-22(28(21)19-4-2-1-3-5-19)30-14-20(29)25-18-12-10-17(24)11-13-18/h6-13,19H,1-5,14H2,(H,25,29). The van der Waals surface area contributed by atoms with E-state index in [9.17, 15) is 9.18 Å². The largest absolute Gasteiger partial charge is 0.325 e. The average molecular weight is 489 g/mol. The van der Waals surface area contributed by atoms with Crippen LogP contribution < -0.4 is 5.32 Å². The van der Waals surface area contributed by atoms with Crippen molar-refractivity contribution in [2.24, 2.45) is 0 Å². The SMILES string of the molecule is O=C(CSc1nnc(-c2ccc(Br)cc2)n1C1CCCCC1)Nc1ccc(F)cc1. The van der Waals surface area contributed by atoms with E-state index in [4.69, 9.17) is 0 Å². The minimum Gasteiger partial charge on any atom is -0.325 e. The number of aromatic nitrogens is 3. The molecular weight excluding hydrogens is 467 g/mol. The molecule has 0 bridgehead atoms. The molecule has 0 saturated heterocycles. The highest BCUT2D eigenvalue weighted by atomic mass is 79.9. The van der Waals surface area contributed by atoms with Crippen LogP contribution in [0.5, 0.6) is 0 Å². The molecule has 1 saturated carbocycles. The van der Waals surface area contributed by atoms with E-state index < -0.39 is 0 Å². The second-order valence-corrected chi connectivity index (χ2v) is 9.18. The lowest BCUT2D eigenvalue weighted by Crippen LogP contribution is -2.17. The van der Waals surface area contributed by atoms with Crippen molar-refractivity contribution in [1.29, 1.82) is 0 Å². The Labute approximate surface area is 187 Å². The Bertz CT molecular complexity index is 1000. The van der Waals surface area contributed by atoms with Gasteiger partial charge in [0, 0.05) is 21.8 Å². The summed E-state index contributed by atoms with van der Waals surface area (Å²) in [6.07, 6.45) is 5.83. The van der Waals surface area contributed by atoms with Gasteiger partial charge < -0.3 is 5.32 Å². The third-order valence-electron chi connectivity index (χ3n) is 5.17. The summed E-state index contributed by atoms with van der Waals surface area (Å²) in [6.45, 7) is 0. The van der Waals surface area contributed by atoms with Gasteiger partial charge in [0.2, 0.25) is 5.91 Å². The van der Waals surface area contributed by atoms with E-state index in [0.717, 1.165) is 33.9 Å². The van der Waals surface area contributed by atoms with Crippen molar-refractivity contribution >= 4 is 39.3 Å². The summed E-state index contributed by atoms with van der Waals surface area (Å²) in [5, 5.41) is 12.4. The molecule has 4 rings (SSSR count). The van der Waals surface area contributed by atoms with Gasteiger partial charge in [-0.25, -0.2) is 4.39 Å². The Morgan fingerprint density at radius 3 is 2.47 bits per heavy atom. The second-order valence-electron chi connectivity index (χ2n) is 7.32. The van der Waals surface area contributed by atoms with E-state index in [1.807, 2.05) is 24.3 Å². The zero-order valence-electron chi connectivity index (χ0n) is 16.4. The average Bonchev–Trinajstić information content (AvgIpc) is 3.19. The molecule has 0 unspecified atom stereocenters. The molecule has 0 radical (unpaired) electrons. The van der Waals surface area contributed by atoms with Crippen molar-refractivity contribution in [2.75, 3.05) is 11.1 Å². The lowest BCUT2D eigenvalue weighted by atomic mass is 9.95. The van der Waals surface area contributed by atoms with Crippen LogP contribution in [0.4, 0.5) is 10.1 Å². The zero-order chi connectivity index (χ0) is 20.9. The van der Waals surface area contributed by atoms with Crippen molar-refractivity contribution < 1.29 is 9.18 Å². The van der Waals surface area contributed by atoms with Gasteiger partial charge in [-0.05, 0) is 49.2 Å². The van der Waals surface area contributed by atoms with Crippen molar-refractivity contribution in [3.63, 3.8) is 0 Å². The van der Waals surface area contributed by atoms with Gasteiger partial charge in [-0.3, -0.25) is 9.36 Å². The van der Waals surface area contributed by atoms with Gasteiger partial charge in [-0.15, -0.1) is 10.2 Å². The molecule has 8 heteroatoms. The van der Waals surface area contributed by atoms with E-state index in [-0.39, 0.29) is 17.5 Å². The van der Waals surface area contributed by atoms with Crippen molar-refractivity contribution in [2.45, 2.75) is 43.3 Å². The van der Waals surface area contributed by atoms with E-state index in [1.54, 1.807) is 12.1 Å². The normalized spacial score (nSPS) is 14.6. The van der Waals surface area contributed by atoms with Gasteiger partial charge in [-0.2, -0.15) is 0 Å². The molecule has 0 atom stereocenters. The van der Waals surface area contributed by atoms with Gasteiger partial charge in [0.25, 0.3) is 0 Å². The lowest BCUT2D eigenvalue weighted by Gasteiger charge is -2.25. The third kappa shape index (κ3) is 5.10. The van der Waals surface area contributed by atoms with Crippen molar-refractivity contribution in [3.05, 3.63) is 58.8 Å². The summed E-state index contributed by atoms with van der Waals surface area (Å²) in [6, 6.07) is 14.2. The molecule has 0 aliphatic heterocycles. The predicted molar refractivity (Wildman–Crippen MR) is 121 cm³/mol. The van der Waals surface area contributed by atoms with Gasteiger partial charge in [0.05, 0.1) is 5.75 Å². The minimum atomic E-state index is -0.330. The van der Waals surface area contributed by atoms with Crippen molar-refractivity contribution in [3.8, 4) is 11.4 Å². The maximum Gasteiger partial charge on any atom is 0.234 e. The monoisotopic (exact) mass is 488 g/mol. The van der Waals surface area contributed by atoms with Crippen LogP contribution in [0, 0.1) is 5.82 Å². The van der Waals surface area contributed by atoms with Crippen LogP contribution in [0.2, 0.25) is 0 Å². The Hall–Kier alpha value is -2.19. The molecule has 1 fully saturated rings. The summed E-state index contributed by atoms with van der Waals surface area (Å²) >= 11 is 4.86. The van der Waals surface area contributed by atoms with E-state index >= 15 is 0 Å². The first-order valence-electron chi connectivity index (χ1n) is 9.99. The van der Waals surface area contributed by atoms with Crippen LogP contribution in [0.3, 0.4) is 0 Å². The number of anilines is 1. The maximum absolute atomic E-state index is 13.0. The van der Waals surface area contributed by atoms with Crippen LogP contribution in [0.15, 0.2) is 58.2 Å². The molecule has 1 amide bonds. The van der Waals surface area contributed by atoms with E-state index in [2.05, 4.69) is 36.0 Å². The number of carbonyl (C=O) groups excluding carboxylic acids is 1. The van der Waals surface area contributed by atoms with Crippen LogP contribution >= 0.6 is 27.7 Å². The molecule has 30 heavy (non-hydrogen) atoms. The van der Waals surface area contributed by atoms with Gasteiger partial charge in [0.15, 0.2) is 11.0 Å². The highest BCUT2D eigenvalue weighted by Gasteiger charge is 2.24. The number of hydrogen-bond donors (Lipinski definition) is 1. The molecule has 1 N–H and O–H groups in total. The van der Waals surface area contributed by atoms with Crippen molar-refractivity contribution in [1.82, 2.24) is 14.8 Å². The van der Waals surface area contributed by atoms with Crippen LogP contribution in [0.1, 0.15) is 38.1 Å². The first kappa shape index (κ1) is 21.1. The smallest absolute Gasteiger partial charge is 0.234 e. The number of halogens is 2. The quantitative estimate of drug-likeness (QED) is 0.426. The molecule has 1 aliphatic carbocycles. The maximum atomic E-state index is 13.0. The van der Waals surface area contributed by atoms with Gasteiger partial charge in [-0.1, -0.05) is 59.1 Å². The lowest BCUT2D eigenvalue weighted by molar-refractivity contribution is -0.113. The molecule has 2 aromatic carbocycles. The first-order chi connectivity index (χ1) is 14.6. The predicted octanol–water partition coefficient (Wildman–Crippen LogP) is 6.08. The summed E-state index contributed by atoms with van der Waals surface area (Å²) in [4.78, 5) is 12.4. The topological polar surface area (TPSA) is 59.8 Å². The van der Waals surface area contributed by atoms with Crippen LogP contribution in [0.25, 0.3) is 11.4 Å². The molecule has 156 valence electrons. The molecule has 1 heterocycles. The number of amides is 1. The van der Waals surface area contributed by atoms with Gasteiger partial charge >= 0.3 is 0 Å². The zero-order valence-corrected chi connectivity index (χ0v) is 18.8. The number of nitrogens with one attached hydrogen (secondary N) is 1. The van der Waals surface area contributed by atoms with Gasteiger partial charge in [0.1, 0.15) is 5.82 Å². The Balaban J connectivity index is 1.52. The van der Waals surface area contributed by atoms with Crippen LogP contribution in [-0.2, 0) is 4.79 Å². The number of thioether (sulfide) groups is 1. The number of benzene rings is 2. The number of nitrogens with zero attached hydrogens (tertiary/aromatic N) is 3. The molecule has 3 aromatic rings. The summed E-state index contributed by atoms with van der Waals surface area (Å²) in [5.41, 5.74) is 1.59. The number of hydrogen-bond acceptors (Lipinski definition) is 4. The number of rotatable bonds is 6. The highest BCUT2D eigenvalue weighted by molar-refractivity contribution is 9.10. The minimum absolute atomic E-state index is 0.157. The van der Waals surface area contributed by atoms with Crippen LogP contribution in [-0.4, -0.2) is 26.4 Å². The molecule has 1 aromatic heterocycles. The molecular formula is C22H22BrFN4OS. The van der Waals surface area contributed by atoms with E-state index in [0.29, 0.717) is 11.7 Å². The Kier molecular flexibility index (Phi) is 6.84. The fourth-order valence-electron chi connectivity index (χ4n) is 3.70. The Morgan fingerprint density at radius 1 is 1.07 bits per heavy atom. The third-order valence-corrected chi connectivity index (χ3v) is 6.64. The molecule has 5 nitrogen and oxygen atoms in total. The first-order valence-corrected chi connectivity index (χ1v) is 11.8. The van der Waals surface area contributed by atoms with E-state index in [1.165, 1.54) is 43.2 Å². The highest BCUT2D eigenvalue weighted by Crippen LogP contribution is 2.35. The molecule has 0 spiro atoms. The summed E-state index contributed by atoms with van der Waals surface area (Å²) in [7, 11) is 0. The number of carbonyl (C=O) groups is 1. The summed E-state index contributed by atoms with van der Waals surface area (Å²) < 4.78 is 16.3. The summed E-state index contributed by atoms with van der Waals surface area (Å²) in [5.74, 6) is 0.567. The second kappa shape index (κ2) is 9.75. The Morgan fingerprint density at radius 2 is 1.77 bits per heavy atom. The fourth-order valence-corrected chi connectivity index (χ4v) is 4.77.